The lowest BCUT2D eigenvalue weighted by Gasteiger charge is -2.16. The summed E-state index contributed by atoms with van der Waals surface area (Å²) in [5.74, 6) is -0.253. The summed E-state index contributed by atoms with van der Waals surface area (Å²) in [5, 5.41) is 2.76. The van der Waals surface area contributed by atoms with E-state index in [0.717, 1.165) is 12.8 Å². The molecule has 0 saturated carbocycles. The highest BCUT2D eigenvalue weighted by Crippen LogP contribution is 2.28. The number of nitrogens with zero attached hydrogens (tertiary/aromatic N) is 1. The normalized spacial score (nSPS) is 16.5. The van der Waals surface area contributed by atoms with Crippen molar-refractivity contribution < 1.29 is 13.2 Å². The molecular weight excluding hydrogens is 288 g/mol. The molecule has 1 aliphatic rings. The van der Waals surface area contributed by atoms with Crippen LogP contribution < -0.4 is 5.32 Å². The molecule has 104 valence electrons. The first-order valence-electron chi connectivity index (χ1n) is 5.98. The molecule has 0 bridgehead atoms. The van der Waals surface area contributed by atoms with E-state index in [1.54, 1.807) is 0 Å². The molecule has 1 fully saturated rings. The van der Waals surface area contributed by atoms with Gasteiger partial charge >= 0.3 is 0 Å². The molecule has 7 heteroatoms. The Hall–Kier alpha value is -1.11. The van der Waals surface area contributed by atoms with Crippen LogP contribution in [0.2, 0.25) is 5.02 Å². The van der Waals surface area contributed by atoms with Gasteiger partial charge in [0, 0.05) is 20.0 Å². The number of benzene rings is 1. The van der Waals surface area contributed by atoms with Gasteiger partial charge in [-0.05, 0) is 31.0 Å². The highest BCUT2D eigenvalue weighted by atomic mass is 35.5. The quantitative estimate of drug-likeness (QED) is 0.929. The number of halogens is 1. The number of amides is 1. The van der Waals surface area contributed by atoms with Crippen LogP contribution in [-0.2, 0) is 14.8 Å². The molecule has 0 aromatic heterocycles. The Labute approximate surface area is 117 Å². The lowest BCUT2D eigenvalue weighted by atomic mass is 10.3. The average Bonchev–Trinajstić information content (AvgIpc) is 2.85. The Balaban J connectivity index is 2.31. The van der Waals surface area contributed by atoms with Gasteiger partial charge in [-0.25, -0.2) is 8.42 Å². The molecule has 0 atom stereocenters. The fourth-order valence-electron chi connectivity index (χ4n) is 2.02. The monoisotopic (exact) mass is 302 g/mol. The number of hydrogen-bond acceptors (Lipinski definition) is 3. The van der Waals surface area contributed by atoms with Crippen LogP contribution in [0.15, 0.2) is 23.1 Å². The van der Waals surface area contributed by atoms with Crippen LogP contribution in [0.4, 0.5) is 5.69 Å². The molecule has 1 aliphatic heterocycles. The molecule has 0 aliphatic carbocycles. The van der Waals surface area contributed by atoms with E-state index in [1.165, 1.54) is 29.4 Å². The van der Waals surface area contributed by atoms with Crippen LogP contribution in [0.1, 0.15) is 19.8 Å². The second-order valence-corrected chi connectivity index (χ2v) is 6.78. The third-order valence-corrected chi connectivity index (χ3v) is 5.16. The summed E-state index contributed by atoms with van der Waals surface area (Å²) in [5.41, 5.74) is 0.412. The zero-order valence-corrected chi connectivity index (χ0v) is 12.1. The second kappa shape index (κ2) is 5.48. The van der Waals surface area contributed by atoms with Crippen molar-refractivity contribution in [3.8, 4) is 0 Å². The molecular formula is C12H15ClN2O3S. The Kier molecular flexibility index (Phi) is 4.13. The molecule has 0 unspecified atom stereocenters. The Morgan fingerprint density at radius 1 is 1.32 bits per heavy atom. The zero-order chi connectivity index (χ0) is 14.0. The van der Waals surface area contributed by atoms with Gasteiger partial charge in [-0.3, -0.25) is 4.79 Å². The maximum atomic E-state index is 12.3. The van der Waals surface area contributed by atoms with E-state index < -0.39 is 10.0 Å². The first-order valence-corrected chi connectivity index (χ1v) is 7.80. The number of sulfonamides is 1. The molecule has 1 aromatic carbocycles. The Bertz CT molecular complexity index is 595. The van der Waals surface area contributed by atoms with Gasteiger partial charge < -0.3 is 5.32 Å². The minimum Gasteiger partial charge on any atom is -0.325 e. The first-order chi connectivity index (χ1) is 8.91. The Morgan fingerprint density at radius 3 is 2.47 bits per heavy atom. The van der Waals surface area contributed by atoms with Crippen molar-refractivity contribution in [2.75, 3.05) is 18.4 Å². The Morgan fingerprint density at radius 2 is 1.95 bits per heavy atom. The summed E-state index contributed by atoms with van der Waals surface area (Å²) in [4.78, 5) is 11.1. The van der Waals surface area contributed by atoms with E-state index in [9.17, 15) is 13.2 Å². The van der Waals surface area contributed by atoms with Crippen molar-refractivity contribution in [3.05, 3.63) is 23.2 Å². The van der Waals surface area contributed by atoms with Gasteiger partial charge in [-0.2, -0.15) is 4.31 Å². The molecule has 1 N–H and O–H groups in total. The molecule has 1 amide bonds. The van der Waals surface area contributed by atoms with Crippen LogP contribution in [0, 0.1) is 0 Å². The van der Waals surface area contributed by atoms with Crippen molar-refractivity contribution >= 4 is 33.2 Å². The van der Waals surface area contributed by atoms with Crippen molar-refractivity contribution in [1.29, 1.82) is 0 Å². The highest BCUT2D eigenvalue weighted by molar-refractivity contribution is 7.89. The first kappa shape index (κ1) is 14.3. The smallest absolute Gasteiger partial charge is 0.243 e. The van der Waals surface area contributed by atoms with Crippen LogP contribution in [0.5, 0.6) is 0 Å². The summed E-state index contributed by atoms with van der Waals surface area (Å²) in [6.07, 6.45) is 1.77. The van der Waals surface area contributed by atoms with Gasteiger partial charge in [-0.15, -0.1) is 0 Å². The minimum absolute atomic E-state index is 0.161. The van der Waals surface area contributed by atoms with E-state index in [2.05, 4.69) is 5.32 Å². The third kappa shape index (κ3) is 3.08. The number of nitrogens with one attached hydrogen (secondary N) is 1. The van der Waals surface area contributed by atoms with E-state index in [4.69, 9.17) is 11.6 Å². The van der Waals surface area contributed by atoms with E-state index >= 15 is 0 Å². The predicted molar refractivity (Wildman–Crippen MR) is 73.7 cm³/mol. The van der Waals surface area contributed by atoms with Crippen molar-refractivity contribution in [3.63, 3.8) is 0 Å². The molecule has 0 spiro atoms. The molecule has 1 saturated heterocycles. The number of carbonyl (C=O) groups excluding carboxylic acids is 1. The topological polar surface area (TPSA) is 66.5 Å². The molecule has 1 aromatic rings. The molecule has 0 radical (unpaired) electrons. The van der Waals surface area contributed by atoms with Gasteiger partial charge in [0.05, 0.1) is 15.6 Å². The van der Waals surface area contributed by atoms with Crippen LogP contribution in [-0.4, -0.2) is 31.7 Å². The second-order valence-electron chi connectivity index (χ2n) is 4.43. The van der Waals surface area contributed by atoms with Crippen LogP contribution >= 0.6 is 11.6 Å². The minimum atomic E-state index is -3.47. The van der Waals surface area contributed by atoms with E-state index in [1.807, 2.05) is 0 Å². The number of rotatable bonds is 3. The van der Waals surface area contributed by atoms with Crippen molar-refractivity contribution in [2.45, 2.75) is 24.7 Å². The summed E-state index contributed by atoms with van der Waals surface area (Å²) in [7, 11) is -3.47. The molecule has 19 heavy (non-hydrogen) atoms. The molecule has 2 rings (SSSR count). The number of anilines is 1. The maximum absolute atomic E-state index is 12.3. The van der Waals surface area contributed by atoms with Gasteiger partial charge in [-0.1, -0.05) is 11.6 Å². The fraction of sp³-hybridized carbons (Fsp3) is 0.417. The zero-order valence-electron chi connectivity index (χ0n) is 10.5. The number of carbonyl (C=O) groups is 1. The summed E-state index contributed by atoms with van der Waals surface area (Å²) in [6, 6.07) is 4.35. The van der Waals surface area contributed by atoms with Crippen molar-refractivity contribution in [1.82, 2.24) is 4.31 Å². The standard InChI is InChI=1S/C12H15ClN2O3S/c1-9(16)14-12-5-4-10(8-11(12)13)19(17,18)15-6-2-3-7-15/h4-5,8H,2-3,6-7H2,1H3,(H,14,16). The summed E-state index contributed by atoms with van der Waals surface area (Å²) in [6.45, 7) is 2.46. The summed E-state index contributed by atoms with van der Waals surface area (Å²) >= 11 is 5.99. The average molecular weight is 303 g/mol. The van der Waals surface area contributed by atoms with Gasteiger partial charge in [0.15, 0.2) is 0 Å². The van der Waals surface area contributed by atoms with Crippen molar-refractivity contribution in [2.24, 2.45) is 0 Å². The predicted octanol–water partition coefficient (Wildman–Crippen LogP) is 2.08. The fourth-order valence-corrected chi connectivity index (χ4v) is 3.86. The van der Waals surface area contributed by atoms with Gasteiger partial charge in [0.1, 0.15) is 0 Å². The SMILES string of the molecule is CC(=O)Nc1ccc(S(=O)(=O)N2CCCC2)cc1Cl. The summed E-state index contributed by atoms with van der Waals surface area (Å²) < 4.78 is 26.1. The lowest BCUT2D eigenvalue weighted by Crippen LogP contribution is -2.27. The van der Waals surface area contributed by atoms with Gasteiger partial charge in [0.2, 0.25) is 15.9 Å². The van der Waals surface area contributed by atoms with Gasteiger partial charge in [0.25, 0.3) is 0 Å². The lowest BCUT2D eigenvalue weighted by molar-refractivity contribution is -0.114. The van der Waals surface area contributed by atoms with Crippen LogP contribution in [0.3, 0.4) is 0 Å². The molecule has 1 heterocycles. The highest BCUT2D eigenvalue weighted by Gasteiger charge is 2.27. The van der Waals surface area contributed by atoms with E-state index in [-0.39, 0.29) is 15.8 Å². The van der Waals surface area contributed by atoms with Crippen LogP contribution in [0.25, 0.3) is 0 Å². The molecule has 5 nitrogen and oxygen atoms in total. The number of hydrogen-bond donors (Lipinski definition) is 1. The largest absolute Gasteiger partial charge is 0.325 e. The third-order valence-electron chi connectivity index (χ3n) is 2.95. The maximum Gasteiger partial charge on any atom is 0.243 e. The van der Waals surface area contributed by atoms with E-state index in [0.29, 0.717) is 18.8 Å².